The van der Waals surface area contributed by atoms with Crippen molar-refractivity contribution in [1.82, 2.24) is 4.90 Å². The number of halogens is 3. The highest BCUT2D eigenvalue weighted by atomic mass is 19.4. The topological polar surface area (TPSA) is 73.6 Å². The minimum absolute atomic E-state index is 0.181. The third kappa shape index (κ3) is 5.13. The number of likely N-dealkylation sites (tertiary alicyclic amines) is 1. The van der Waals surface area contributed by atoms with E-state index >= 15 is 0 Å². The Morgan fingerprint density at radius 3 is 2.38 bits per heavy atom. The second kappa shape index (κ2) is 7.09. The molecule has 24 heavy (non-hydrogen) atoms. The maximum Gasteiger partial charge on any atom is 0.573 e. The van der Waals surface area contributed by atoms with Crippen molar-refractivity contribution in [3.05, 3.63) is 29.8 Å². The Kier molecular flexibility index (Phi) is 5.34. The second-order valence-electron chi connectivity index (χ2n) is 5.81. The molecule has 130 valence electrons. The van der Waals surface area contributed by atoms with Crippen LogP contribution in [0.4, 0.5) is 13.2 Å². The van der Waals surface area contributed by atoms with Crippen LogP contribution in [0.5, 0.6) is 5.75 Å². The second-order valence-corrected chi connectivity index (χ2v) is 5.81. The van der Waals surface area contributed by atoms with Crippen LogP contribution in [0.15, 0.2) is 24.3 Å². The first-order chi connectivity index (χ1) is 11.2. The van der Waals surface area contributed by atoms with Crippen LogP contribution >= 0.6 is 0 Å². The number of carbonyl (C=O) groups excluding carboxylic acids is 1. The number of benzene rings is 1. The number of alkyl halides is 3. The first-order valence-corrected chi connectivity index (χ1v) is 7.43. The average Bonchev–Trinajstić information content (AvgIpc) is 2.48. The van der Waals surface area contributed by atoms with Crippen LogP contribution in [-0.4, -0.2) is 41.0 Å². The van der Waals surface area contributed by atoms with E-state index in [0.717, 1.165) is 0 Å². The summed E-state index contributed by atoms with van der Waals surface area (Å²) in [5.41, 5.74) is -0.334. The van der Waals surface area contributed by atoms with E-state index in [2.05, 4.69) is 4.74 Å². The standard InChI is InChI=1S/C16H17F3N2O3/c17-16(18,19)24-13-3-1-12(2-4-13)11-15(23)6-9-21(10-7-15)14(22)5-8-20/h1-4,23H,5-7,9-11H2. The molecule has 0 spiro atoms. The molecular formula is C16H17F3N2O3. The zero-order valence-corrected chi connectivity index (χ0v) is 12.8. The van der Waals surface area contributed by atoms with Gasteiger partial charge >= 0.3 is 6.36 Å². The Bertz CT molecular complexity index is 615. The molecule has 1 saturated heterocycles. The number of nitriles is 1. The number of aliphatic hydroxyl groups is 1. The fraction of sp³-hybridized carbons (Fsp3) is 0.500. The summed E-state index contributed by atoms with van der Waals surface area (Å²) < 4.78 is 40.2. The number of amides is 1. The molecule has 0 bridgehead atoms. The molecule has 1 aromatic carbocycles. The smallest absolute Gasteiger partial charge is 0.406 e. The van der Waals surface area contributed by atoms with Crippen molar-refractivity contribution < 1.29 is 27.8 Å². The van der Waals surface area contributed by atoms with E-state index in [1.54, 1.807) is 6.07 Å². The number of carbonyl (C=O) groups is 1. The summed E-state index contributed by atoms with van der Waals surface area (Å²) in [7, 11) is 0. The van der Waals surface area contributed by atoms with Crippen LogP contribution < -0.4 is 4.74 Å². The Labute approximate surface area is 137 Å². The number of hydrogen-bond donors (Lipinski definition) is 1. The van der Waals surface area contributed by atoms with Gasteiger partial charge in [0.05, 0.1) is 11.7 Å². The predicted molar refractivity (Wildman–Crippen MR) is 77.8 cm³/mol. The molecule has 1 N–H and O–H groups in total. The maximum atomic E-state index is 12.1. The lowest BCUT2D eigenvalue weighted by Crippen LogP contribution is -2.47. The van der Waals surface area contributed by atoms with Crippen LogP contribution in [0.2, 0.25) is 0 Å². The lowest BCUT2D eigenvalue weighted by Gasteiger charge is -2.38. The molecule has 0 atom stereocenters. The third-order valence-electron chi connectivity index (χ3n) is 3.97. The summed E-state index contributed by atoms with van der Waals surface area (Å²) in [5.74, 6) is -0.566. The minimum Gasteiger partial charge on any atom is -0.406 e. The van der Waals surface area contributed by atoms with Crippen LogP contribution in [0.1, 0.15) is 24.8 Å². The average molecular weight is 342 g/mol. The van der Waals surface area contributed by atoms with Gasteiger partial charge in [0.15, 0.2) is 0 Å². The number of ether oxygens (including phenoxy) is 1. The molecule has 1 heterocycles. The van der Waals surface area contributed by atoms with E-state index in [1.807, 2.05) is 0 Å². The van der Waals surface area contributed by atoms with Crippen molar-refractivity contribution in [2.45, 2.75) is 37.6 Å². The predicted octanol–water partition coefficient (Wildman–Crippen LogP) is 2.39. The number of nitrogens with zero attached hydrogens (tertiary/aromatic N) is 2. The molecule has 5 nitrogen and oxygen atoms in total. The van der Waals surface area contributed by atoms with Gasteiger partial charge in [-0.25, -0.2) is 0 Å². The fourth-order valence-corrected chi connectivity index (χ4v) is 2.72. The summed E-state index contributed by atoms with van der Waals surface area (Å²) in [4.78, 5) is 13.2. The normalized spacial score (nSPS) is 17.2. The molecule has 1 amide bonds. The highest BCUT2D eigenvalue weighted by molar-refractivity contribution is 5.78. The summed E-state index contributed by atoms with van der Waals surface area (Å²) in [5, 5.41) is 19.1. The molecule has 8 heteroatoms. The van der Waals surface area contributed by atoms with Gasteiger partial charge in [-0.3, -0.25) is 4.79 Å². The lowest BCUT2D eigenvalue weighted by molar-refractivity contribution is -0.274. The summed E-state index contributed by atoms with van der Waals surface area (Å²) in [6.07, 6.45) is -3.93. The molecule has 0 saturated carbocycles. The van der Waals surface area contributed by atoms with E-state index < -0.39 is 12.0 Å². The molecular weight excluding hydrogens is 325 g/mol. The van der Waals surface area contributed by atoms with E-state index in [0.29, 0.717) is 31.5 Å². The first-order valence-electron chi connectivity index (χ1n) is 7.43. The summed E-state index contributed by atoms with van der Waals surface area (Å²) in [6, 6.07) is 7.17. The zero-order chi connectivity index (χ0) is 17.8. The molecule has 1 aliphatic heterocycles. The van der Waals surface area contributed by atoms with E-state index in [1.165, 1.54) is 29.2 Å². The van der Waals surface area contributed by atoms with Gasteiger partial charge in [0.25, 0.3) is 0 Å². The van der Waals surface area contributed by atoms with Gasteiger partial charge in [-0.2, -0.15) is 5.26 Å². The van der Waals surface area contributed by atoms with Gasteiger partial charge < -0.3 is 14.7 Å². The quantitative estimate of drug-likeness (QED) is 0.912. The highest BCUT2D eigenvalue weighted by Crippen LogP contribution is 2.28. The molecule has 0 unspecified atom stereocenters. The minimum atomic E-state index is -4.73. The van der Waals surface area contributed by atoms with Crippen molar-refractivity contribution in [3.8, 4) is 11.8 Å². The van der Waals surface area contributed by atoms with E-state index in [9.17, 15) is 23.1 Å². The molecule has 1 fully saturated rings. The van der Waals surface area contributed by atoms with Crippen molar-refractivity contribution in [3.63, 3.8) is 0 Å². The van der Waals surface area contributed by atoms with Crippen LogP contribution in [-0.2, 0) is 11.2 Å². The van der Waals surface area contributed by atoms with Gasteiger partial charge in [-0.15, -0.1) is 13.2 Å². The van der Waals surface area contributed by atoms with Gasteiger partial charge in [0.1, 0.15) is 12.2 Å². The first kappa shape index (κ1) is 18.1. The van der Waals surface area contributed by atoms with Crippen molar-refractivity contribution >= 4 is 5.91 Å². The fourth-order valence-electron chi connectivity index (χ4n) is 2.72. The van der Waals surface area contributed by atoms with Crippen molar-refractivity contribution in [2.24, 2.45) is 0 Å². The SMILES string of the molecule is N#CCC(=O)N1CCC(O)(Cc2ccc(OC(F)(F)F)cc2)CC1. The van der Waals surface area contributed by atoms with Crippen LogP contribution in [0.25, 0.3) is 0 Å². The lowest BCUT2D eigenvalue weighted by atomic mass is 9.85. The molecule has 1 aliphatic rings. The van der Waals surface area contributed by atoms with Crippen LogP contribution in [0.3, 0.4) is 0 Å². The van der Waals surface area contributed by atoms with Gasteiger partial charge in [0, 0.05) is 19.5 Å². The molecule has 2 rings (SSSR count). The molecule has 0 aliphatic carbocycles. The van der Waals surface area contributed by atoms with E-state index in [4.69, 9.17) is 5.26 Å². The largest absolute Gasteiger partial charge is 0.573 e. The van der Waals surface area contributed by atoms with Gasteiger partial charge in [-0.1, -0.05) is 12.1 Å². The van der Waals surface area contributed by atoms with Crippen molar-refractivity contribution in [1.29, 1.82) is 5.26 Å². The molecule has 1 aromatic rings. The van der Waals surface area contributed by atoms with Gasteiger partial charge in [-0.05, 0) is 30.5 Å². The zero-order valence-electron chi connectivity index (χ0n) is 12.8. The number of hydrogen-bond acceptors (Lipinski definition) is 4. The number of piperidine rings is 1. The summed E-state index contributed by atoms with van der Waals surface area (Å²) >= 11 is 0. The van der Waals surface area contributed by atoms with Crippen LogP contribution in [0, 0.1) is 11.3 Å². The Morgan fingerprint density at radius 2 is 1.88 bits per heavy atom. The Balaban J connectivity index is 1.92. The molecule has 0 radical (unpaired) electrons. The maximum absolute atomic E-state index is 12.1. The summed E-state index contributed by atoms with van der Waals surface area (Å²) in [6.45, 7) is 0.707. The Hall–Kier alpha value is -2.27. The third-order valence-corrected chi connectivity index (χ3v) is 3.97. The molecule has 0 aromatic heterocycles. The highest BCUT2D eigenvalue weighted by Gasteiger charge is 2.34. The number of rotatable bonds is 4. The monoisotopic (exact) mass is 342 g/mol. The van der Waals surface area contributed by atoms with Gasteiger partial charge in [0.2, 0.25) is 5.91 Å². The Morgan fingerprint density at radius 1 is 1.29 bits per heavy atom. The van der Waals surface area contributed by atoms with E-state index in [-0.39, 0.29) is 24.5 Å². The van der Waals surface area contributed by atoms with Crippen molar-refractivity contribution in [2.75, 3.05) is 13.1 Å².